The first-order chi connectivity index (χ1) is 22.8. The van der Waals surface area contributed by atoms with E-state index in [4.69, 9.17) is 0 Å². The van der Waals surface area contributed by atoms with Crippen LogP contribution >= 0.6 is 0 Å². The molecule has 214 valence electrons. The van der Waals surface area contributed by atoms with Gasteiger partial charge in [0.1, 0.15) is 0 Å². The standard InChI is InChI=1S/C43H27N3/c44-28-29-18-22-41-38(24-29)37-21-19-33(27-43(37)46(41)35-15-9-12-31(25-35)30-10-3-1-4-11-30)32-20-23-42-39(26-32)36-16-7-8-17-40(36)45(42)34-13-5-2-6-14-34/h1-27H. The van der Waals surface area contributed by atoms with E-state index in [9.17, 15) is 5.26 Å². The molecule has 0 spiro atoms. The highest BCUT2D eigenvalue weighted by atomic mass is 15.0. The minimum absolute atomic E-state index is 0.661. The zero-order valence-electron chi connectivity index (χ0n) is 24.9. The van der Waals surface area contributed by atoms with Gasteiger partial charge in [-0.2, -0.15) is 5.26 Å². The van der Waals surface area contributed by atoms with E-state index in [1.54, 1.807) is 0 Å². The third-order valence-electron chi connectivity index (χ3n) is 9.13. The van der Waals surface area contributed by atoms with Gasteiger partial charge in [0, 0.05) is 32.9 Å². The molecule has 9 aromatic rings. The molecule has 3 heteroatoms. The maximum atomic E-state index is 9.73. The number of benzene rings is 7. The second kappa shape index (κ2) is 10.4. The molecule has 9 rings (SSSR count). The molecule has 0 saturated heterocycles. The third-order valence-corrected chi connectivity index (χ3v) is 9.13. The monoisotopic (exact) mass is 585 g/mol. The lowest BCUT2D eigenvalue weighted by Gasteiger charge is -2.11. The van der Waals surface area contributed by atoms with Gasteiger partial charge in [-0.3, -0.25) is 0 Å². The van der Waals surface area contributed by atoms with Crippen molar-refractivity contribution in [3.05, 3.63) is 169 Å². The maximum Gasteiger partial charge on any atom is 0.0991 e. The van der Waals surface area contributed by atoms with Gasteiger partial charge in [0.15, 0.2) is 0 Å². The van der Waals surface area contributed by atoms with Crippen LogP contribution in [-0.4, -0.2) is 9.13 Å². The smallest absolute Gasteiger partial charge is 0.0991 e. The summed E-state index contributed by atoms with van der Waals surface area (Å²) in [6.07, 6.45) is 0. The summed E-state index contributed by atoms with van der Waals surface area (Å²) in [5.74, 6) is 0. The number of rotatable bonds is 4. The fourth-order valence-electron chi connectivity index (χ4n) is 7.01. The second-order valence-corrected chi connectivity index (χ2v) is 11.7. The average molecular weight is 586 g/mol. The Balaban J connectivity index is 1.27. The normalized spacial score (nSPS) is 11.5. The molecule has 0 atom stereocenters. The zero-order valence-corrected chi connectivity index (χ0v) is 24.9. The highest BCUT2D eigenvalue weighted by Gasteiger charge is 2.17. The fraction of sp³-hybridized carbons (Fsp3) is 0. The molecule has 0 aliphatic rings. The molecule has 2 heterocycles. The Morgan fingerprint density at radius 1 is 0.348 bits per heavy atom. The largest absolute Gasteiger partial charge is 0.309 e. The SMILES string of the molecule is N#Cc1ccc2c(c1)c1ccc(-c3ccc4c(c3)c3ccccc3n4-c3ccccc3)cc1n2-c1cccc(-c2ccccc2)c1. The molecule has 0 fully saturated rings. The van der Waals surface area contributed by atoms with E-state index < -0.39 is 0 Å². The maximum absolute atomic E-state index is 9.73. The van der Waals surface area contributed by atoms with Crippen molar-refractivity contribution in [3.63, 3.8) is 0 Å². The first-order valence-electron chi connectivity index (χ1n) is 15.5. The van der Waals surface area contributed by atoms with Gasteiger partial charge in [0.2, 0.25) is 0 Å². The van der Waals surface area contributed by atoms with Crippen LogP contribution in [0.5, 0.6) is 0 Å². The highest BCUT2D eigenvalue weighted by Crippen LogP contribution is 2.38. The highest BCUT2D eigenvalue weighted by molar-refractivity contribution is 6.12. The van der Waals surface area contributed by atoms with Crippen molar-refractivity contribution in [2.75, 3.05) is 0 Å². The number of fused-ring (bicyclic) bond motifs is 6. The van der Waals surface area contributed by atoms with Gasteiger partial charge in [-0.15, -0.1) is 0 Å². The lowest BCUT2D eigenvalue weighted by molar-refractivity contribution is 1.18. The molecular formula is C43H27N3. The number of nitrogens with zero attached hydrogens (tertiary/aromatic N) is 3. The first-order valence-corrected chi connectivity index (χ1v) is 15.5. The van der Waals surface area contributed by atoms with Crippen LogP contribution in [0.4, 0.5) is 0 Å². The number of hydrogen-bond donors (Lipinski definition) is 0. The van der Waals surface area contributed by atoms with Gasteiger partial charge >= 0.3 is 0 Å². The summed E-state index contributed by atoms with van der Waals surface area (Å²) in [6, 6.07) is 60.3. The summed E-state index contributed by atoms with van der Waals surface area (Å²) in [6.45, 7) is 0. The Labute approximate surface area is 266 Å². The van der Waals surface area contributed by atoms with Crippen LogP contribution in [-0.2, 0) is 0 Å². The Bertz CT molecular complexity index is 2630. The van der Waals surface area contributed by atoms with Crippen molar-refractivity contribution in [1.29, 1.82) is 5.26 Å². The topological polar surface area (TPSA) is 33.6 Å². The summed E-state index contributed by atoms with van der Waals surface area (Å²) >= 11 is 0. The second-order valence-electron chi connectivity index (χ2n) is 11.7. The minimum Gasteiger partial charge on any atom is -0.309 e. The summed E-state index contributed by atoms with van der Waals surface area (Å²) in [4.78, 5) is 0. The van der Waals surface area contributed by atoms with Gasteiger partial charge < -0.3 is 9.13 Å². The predicted octanol–water partition coefficient (Wildman–Crippen LogP) is 11.1. The molecule has 7 aromatic carbocycles. The minimum atomic E-state index is 0.661. The van der Waals surface area contributed by atoms with Gasteiger partial charge in [-0.25, -0.2) is 0 Å². The molecule has 0 radical (unpaired) electrons. The van der Waals surface area contributed by atoms with E-state index in [-0.39, 0.29) is 0 Å². The van der Waals surface area contributed by atoms with Gasteiger partial charge in [-0.1, -0.05) is 97.1 Å². The molecule has 0 amide bonds. The number of para-hydroxylation sites is 2. The number of nitriles is 1. The third kappa shape index (κ3) is 4.05. The van der Waals surface area contributed by atoms with Gasteiger partial charge in [0.05, 0.1) is 33.7 Å². The molecular weight excluding hydrogens is 558 g/mol. The molecule has 3 nitrogen and oxygen atoms in total. The Hall–Kier alpha value is -6.37. The van der Waals surface area contributed by atoms with Crippen molar-refractivity contribution in [2.45, 2.75) is 0 Å². The van der Waals surface area contributed by atoms with E-state index in [1.165, 1.54) is 27.4 Å². The lowest BCUT2D eigenvalue weighted by Crippen LogP contribution is -1.95. The Kier molecular flexibility index (Phi) is 5.88. The molecule has 0 aliphatic heterocycles. The Morgan fingerprint density at radius 2 is 0.913 bits per heavy atom. The molecule has 0 aliphatic carbocycles. The van der Waals surface area contributed by atoms with E-state index in [0.717, 1.165) is 49.9 Å². The quantitative estimate of drug-likeness (QED) is 0.202. The van der Waals surface area contributed by atoms with E-state index >= 15 is 0 Å². The Morgan fingerprint density at radius 3 is 1.74 bits per heavy atom. The van der Waals surface area contributed by atoms with E-state index in [2.05, 4.69) is 161 Å². The van der Waals surface area contributed by atoms with Gasteiger partial charge in [0.25, 0.3) is 0 Å². The van der Waals surface area contributed by atoms with Crippen LogP contribution in [0, 0.1) is 11.3 Å². The van der Waals surface area contributed by atoms with E-state index in [1.807, 2.05) is 18.2 Å². The number of aromatic nitrogens is 2. The molecule has 46 heavy (non-hydrogen) atoms. The molecule has 0 N–H and O–H groups in total. The van der Waals surface area contributed by atoms with Gasteiger partial charge in [-0.05, 0) is 89.0 Å². The van der Waals surface area contributed by atoms with Crippen molar-refractivity contribution in [2.24, 2.45) is 0 Å². The zero-order chi connectivity index (χ0) is 30.6. The first kappa shape index (κ1) is 26.1. The molecule has 0 bridgehead atoms. The average Bonchev–Trinajstić information content (AvgIpc) is 3.64. The van der Waals surface area contributed by atoms with Crippen LogP contribution in [0.25, 0.3) is 77.2 Å². The number of hydrogen-bond acceptors (Lipinski definition) is 1. The molecule has 2 aromatic heterocycles. The molecule has 0 unspecified atom stereocenters. The summed E-state index contributed by atoms with van der Waals surface area (Å²) in [5.41, 5.74) is 12.1. The van der Waals surface area contributed by atoms with Crippen molar-refractivity contribution >= 4 is 43.6 Å². The van der Waals surface area contributed by atoms with Crippen molar-refractivity contribution < 1.29 is 0 Å². The van der Waals surface area contributed by atoms with Crippen LogP contribution in [0.2, 0.25) is 0 Å². The molecule has 0 saturated carbocycles. The van der Waals surface area contributed by atoms with Crippen LogP contribution in [0.3, 0.4) is 0 Å². The van der Waals surface area contributed by atoms with Crippen LogP contribution in [0.15, 0.2) is 164 Å². The fourth-order valence-corrected chi connectivity index (χ4v) is 7.01. The van der Waals surface area contributed by atoms with Crippen molar-refractivity contribution in [1.82, 2.24) is 9.13 Å². The van der Waals surface area contributed by atoms with E-state index in [0.29, 0.717) is 5.56 Å². The van der Waals surface area contributed by atoms with Crippen molar-refractivity contribution in [3.8, 4) is 39.7 Å². The lowest BCUT2D eigenvalue weighted by atomic mass is 10.0. The predicted molar refractivity (Wildman–Crippen MR) is 191 cm³/mol. The summed E-state index contributed by atoms with van der Waals surface area (Å²) in [7, 11) is 0. The van der Waals surface area contributed by atoms with Crippen LogP contribution < -0.4 is 0 Å². The summed E-state index contributed by atoms with van der Waals surface area (Å²) < 4.78 is 4.68. The van der Waals surface area contributed by atoms with Crippen LogP contribution in [0.1, 0.15) is 5.56 Å². The summed E-state index contributed by atoms with van der Waals surface area (Å²) in [5, 5.41) is 14.4.